The molecule has 0 radical (unpaired) electrons. The molecule has 1 aromatic rings. The minimum Gasteiger partial charge on any atom is -0.385 e. The molecule has 0 aliphatic rings. The van der Waals surface area contributed by atoms with Crippen LogP contribution < -0.4 is 16.0 Å². The van der Waals surface area contributed by atoms with Crippen LogP contribution in [0.2, 0.25) is 0 Å². The fraction of sp³-hybridized carbons (Fsp3) is 0.538. The lowest BCUT2D eigenvalue weighted by Crippen LogP contribution is -2.41. The van der Waals surface area contributed by atoms with Crippen LogP contribution in [0.25, 0.3) is 0 Å². The van der Waals surface area contributed by atoms with E-state index in [2.05, 4.69) is 30.9 Å². The van der Waals surface area contributed by atoms with Gasteiger partial charge in [0.25, 0.3) is 0 Å². The Kier molecular flexibility index (Phi) is 7.55. The summed E-state index contributed by atoms with van der Waals surface area (Å²) in [5.41, 5.74) is 1.78. The van der Waals surface area contributed by atoms with Crippen molar-refractivity contribution in [2.24, 2.45) is 4.99 Å². The highest BCUT2D eigenvalue weighted by Gasteiger charge is 2.05. The number of rotatable bonds is 5. The molecule has 1 rings (SSSR count). The summed E-state index contributed by atoms with van der Waals surface area (Å²) in [7, 11) is 3.41. The Morgan fingerprint density at radius 1 is 1.33 bits per heavy atom. The van der Waals surface area contributed by atoms with Gasteiger partial charge >= 0.3 is 0 Å². The van der Waals surface area contributed by atoms with Gasteiger partial charge in [-0.1, -0.05) is 0 Å². The number of aliphatic imine (C=N–C) groups is 1. The molecule has 0 aliphatic carbocycles. The van der Waals surface area contributed by atoms with Crippen molar-refractivity contribution in [3.63, 3.8) is 0 Å². The molecule has 1 aromatic heterocycles. The predicted octanol–water partition coefficient (Wildman–Crippen LogP) is 0.992. The van der Waals surface area contributed by atoms with E-state index < -0.39 is 0 Å². The number of anilines is 1. The number of hydrogen-bond donors (Lipinski definition) is 3. The molecule has 116 valence electrons. The van der Waals surface area contributed by atoms with Crippen molar-refractivity contribution in [1.82, 2.24) is 20.6 Å². The maximum absolute atomic E-state index is 5.09. The van der Waals surface area contributed by atoms with Crippen LogP contribution in [0.1, 0.15) is 17.8 Å². The molecular weight excluding hydrogens is 288 g/mol. The number of methoxy groups -OCH3 is 1. The Bertz CT molecular complexity index is 485. The van der Waals surface area contributed by atoms with Gasteiger partial charge in [0.1, 0.15) is 0 Å². The summed E-state index contributed by atoms with van der Waals surface area (Å²) in [6, 6.07) is 1.91. The molecule has 0 unspecified atom stereocenters. The highest BCUT2D eigenvalue weighted by molar-refractivity contribution is 7.80. The Morgan fingerprint density at radius 2 is 2.00 bits per heavy atom. The molecule has 0 aliphatic heterocycles. The van der Waals surface area contributed by atoms with Crippen molar-refractivity contribution >= 4 is 29.2 Å². The van der Waals surface area contributed by atoms with Gasteiger partial charge in [-0.15, -0.1) is 0 Å². The average Bonchev–Trinajstić information content (AvgIpc) is 2.42. The van der Waals surface area contributed by atoms with Crippen molar-refractivity contribution in [2.75, 3.05) is 32.6 Å². The van der Waals surface area contributed by atoms with Gasteiger partial charge in [-0.2, -0.15) is 0 Å². The second kappa shape index (κ2) is 9.19. The van der Waals surface area contributed by atoms with E-state index in [0.29, 0.717) is 30.2 Å². The first kappa shape index (κ1) is 17.3. The third-order valence-corrected chi connectivity index (χ3v) is 2.75. The number of aromatic nitrogens is 2. The summed E-state index contributed by atoms with van der Waals surface area (Å²) in [6.07, 6.45) is 0.823. The lowest BCUT2D eigenvalue weighted by Gasteiger charge is -2.12. The molecule has 0 saturated heterocycles. The predicted molar refractivity (Wildman–Crippen MR) is 88.7 cm³/mol. The van der Waals surface area contributed by atoms with Crippen LogP contribution in [0.15, 0.2) is 11.1 Å². The van der Waals surface area contributed by atoms with Crippen LogP contribution in [-0.4, -0.2) is 48.3 Å². The molecule has 8 heteroatoms. The van der Waals surface area contributed by atoms with Gasteiger partial charge in [-0.3, -0.25) is 10.3 Å². The third kappa shape index (κ3) is 6.96. The molecule has 1 heterocycles. The largest absolute Gasteiger partial charge is 0.385 e. The van der Waals surface area contributed by atoms with E-state index in [1.165, 1.54) is 0 Å². The van der Waals surface area contributed by atoms with Gasteiger partial charge in [0.2, 0.25) is 11.9 Å². The van der Waals surface area contributed by atoms with Crippen LogP contribution in [0.5, 0.6) is 0 Å². The molecule has 0 saturated carbocycles. The van der Waals surface area contributed by atoms with Gasteiger partial charge in [-0.25, -0.2) is 9.97 Å². The van der Waals surface area contributed by atoms with Gasteiger partial charge in [-0.05, 0) is 38.6 Å². The summed E-state index contributed by atoms with van der Waals surface area (Å²) in [5.74, 6) is 1.000. The molecule has 21 heavy (non-hydrogen) atoms. The van der Waals surface area contributed by atoms with Crippen LogP contribution in [-0.2, 0) is 4.74 Å². The highest BCUT2D eigenvalue weighted by Crippen LogP contribution is 2.03. The summed E-state index contributed by atoms with van der Waals surface area (Å²) in [5, 5.41) is 9.33. The van der Waals surface area contributed by atoms with Gasteiger partial charge < -0.3 is 15.4 Å². The van der Waals surface area contributed by atoms with Crippen LogP contribution >= 0.6 is 12.2 Å². The maximum atomic E-state index is 5.09. The van der Waals surface area contributed by atoms with E-state index in [0.717, 1.165) is 17.8 Å². The van der Waals surface area contributed by atoms with E-state index in [-0.39, 0.29) is 0 Å². The second-order valence-corrected chi connectivity index (χ2v) is 4.79. The number of hydrogen-bond acceptors (Lipinski definition) is 5. The number of nitrogens with zero attached hydrogens (tertiary/aromatic N) is 3. The standard InChI is InChI=1S/C13H22N6OS/c1-9-8-10(2)17-12(16-9)18-11(19-13(21)14-3)15-6-5-7-20-4/h8H,5-7H2,1-4H3,(H3,14,15,16,17,18,19,21). The van der Waals surface area contributed by atoms with E-state index >= 15 is 0 Å². The normalized spacial score (nSPS) is 11.1. The zero-order chi connectivity index (χ0) is 15.7. The first-order chi connectivity index (χ1) is 10.0. The van der Waals surface area contributed by atoms with Gasteiger partial charge in [0, 0.05) is 38.7 Å². The molecule has 0 atom stereocenters. The molecule has 3 N–H and O–H groups in total. The minimum atomic E-state index is 0.470. The Morgan fingerprint density at radius 3 is 2.57 bits per heavy atom. The SMILES string of the molecule is CNC(=S)NC(=NCCCOC)Nc1nc(C)cc(C)n1. The van der Waals surface area contributed by atoms with Crippen molar-refractivity contribution in [3.05, 3.63) is 17.5 Å². The first-order valence-electron chi connectivity index (χ1n) is 6.66. The quantitative estimate of drug-likeness (QED) is 0.324. The molecule has 0 amide bonds. The number of ether oxygens (including phenoxy) is 1. The molecule has 0 bridgehead atoms. The lowest BCUT2D eigenvalue weighted by molar-refractivity contribution is 0.197. The zero-order valence-electron chi connectivity index (χ0n) is 12.9. The maximum Gasteiger partial charge on any atom is 0.229 e. The molecular formula is C13H22N6OS. The fourth-order valence-electron chi connectivity index (χ4n) is 1.57. The molecule has 0 spiro atoms. The van der Waals surface area contributed by atoms with Crippen LogP contribution in [0.4, 0.5) is 5.95 Å². The van der Waals surface area contributed by atoms with E-state index in [9.17, 15) is 0 Å². The molecule has 0 aromatic carbocycles. The number of nitrogens with one attached hydrogen (secondary N) is 3. The van der Waals surface area contributed by atoms with E-state index in [4.69, 9.17) is 17.0 Å². The smallest absolute Gasteiger partial charge is 0.229 e. The Hall–Kier alpha value is -1.80. The van der Waals surface area contributed by atoms with Crippen molar-refractivity contribution in [1.29, 1.82) is 0 Å². The average molecular weight is 310 g/mol. The number of guanidine groups is 1. The molecule has 7 nitrogen and oxygen atoms in total. The summed E-state index contributed by atoms with van der Waals surface area (Å²) in [6.45, 7) is 5.11. The van der Waals surface area contributed by atoms with Crippen LogP contribution in [0, 0.1) is 13.8 Å². The third-order valence-electron chi connectivity index (χ3n) is 2.45. The topological polar surface area (TPSA) is 83.5 Å². The van der Waals surface area contributed by atoms with Crippen molar-refractivity contribution in [3.8, 4) is 0 Å². The Balaban J connectivity index is 2.77. The van der Waals surface area contributed by atoms with E-state index in [1.807, 2.05) is 19.9 Å². The van der Waals surface area contributed by atoms with Crippen molar-refractivity contribution in [2.45, 2.75) is 20.3 Å². The zero-order valence-corrected chi connectivity index (χ0v) is 13.7. The first-order valence-corrected chi connectivity index (χ1v) is 7.07. The summed E-state index contributed by atoms with van der Waals surface area (Å²) < 4.78 is 5.00. The Labute approximate surface area is 130 Å². The highest BCUT2D eigenvalue weighted by atomic mass is 32.1. The summed E-state index contributed by atoms with van der Waals surface area (Å²) >= 11 is 5.09. The number of thiocarbonyl (C=S) groups is 1. The van der Waals surface area contributed by atoms with Gasteiger partial charge in [0.05, 0.1) is 0 Å². The molecule has 0 fully saturated rings. The fourth-order valence-corrected chi connectivity index (χ4v) is 1.66. The monoisotopic (exact) mass is 310 g/mol. The van der Waals surface area contributed by atoms with E-state index in [1.54, 1.807) is 14.2 Å². The minimum absolute atomic E-state index is 0.470. The van der Waals surface area contributed by atoms with Crippen LogP contribution in [0.3, 0.4) is 0 Å². The second-order valence-electron chi connectivity index (χ2n) is 4.38. The number of aryl methyl sites for hydroxylation is 2. The lowest BCUT2D eigenvalue weighted by atomic mass is 10.4. The van der Waals surface area contributed by atoms with Crippen molar-refractivity contribution < 1.29 is 4.74 Å². The van der Waals surface area contributed by atoms with Gasteiger partial charge in [0.15, 0.2) is 5.11 Å². The summed E-state index contributed by atoms with van der Waals surface area (Å²) in [4.78, 5) is 13.1.